The second kappa shape index (κ2) is 3.53. The van der Waals surface area contributed by atoms with E-state index < -0.39 is 0 Å². The van der Waals surface area contributed by atoms with Gasteiger partial charge in [0.1, 0.15) is 5.82 Å². The van der Waals surface area contributed by atoms with Crippen LogP contribution < -0.4 is 10.2 Å². The summed E-state index contributed by atoms with van der Waals surface area (Å²) in [5.74, 6) is -0.253. The summed E-state index contributed by atoms with van der Waals surface area (Å²) in [4.78, 5) is 13.2. The lowest BCUT2D eigenvalue weighted by Gasteiger charge is -2.16. The third-order valence-corrected chi connectivity index (χ3v) is 2.58. The molecule has 1 atom stereocenters. The van der Waals surface area contributed by atoms with Gasteiger partial charge in [0.05, 0.1) is 11.4 Å². The Balaban J connectivity index is 2.49. The molecule has 1 aliphatic rings. The molecule has 0 saturated heterocycles. The molecule has 0 radical (unpaired) electrons. The van der Waals surface area contributed by atoms with Gasteiger partial charge in [0, 0.05) is 19.5 Å². The van der Waals surface area contributed by atoms with Gasteiger partial charge in [-0.1, -0.05) is 0 Å². The Hall–Kier alpha value is -1.58. The zero-order valence-electron chi connectivity index (χ0n) is 8.75. The Kier molecular flexibility index (Phi) is 2.34. The molecule has 1 aromatic carbocycles. The van der Waals surface area contributed by atoms with Crippen molar-refractivity contribution >= 4 is 17.3 Å². The molecule has 0 saturated carbocycles. The summed E-state index contributed by atoms with van der Waals surface area (Å²) in [7, 11) is 1.71. The van der Waals surface area contributed by atoms with Crippen molar-refractivity contribution in [3.8, 4) is 0 Å². The fourth-order valence-electron chi connectivity index (χ4n) is 1.77. The molecule has 1 amide bonds. The van der Waals surface area contributed by atoms with E-state index in [-0.39, 0.29) is 17.8 Å². The lowest BCUT2D eigenvalue weighted by molar-refractivity contribution is -0.118. The maximum atomic E-state index is 13.0. The Morgan fingerprint density at radius 3 is 3.00 bits per heavy atom. The first kappa shape index (κ1) is 9.96. The fourth-order valence-corrected chi connectivity index (χ4v) is 1.77. The third-order valence-electron chi connectivity index (χ3n) is 2.58. The predicted molar refractivity (Wildman–Crippen MR) is 57.5 cm³/mol. The second-order valence-corrected chi connectivity index (χ2v) is 3.86. The lowest BCUT2D eigenvalue weighted by Crippen LogP contribution is -2.27. The molecule has 0 fully saturated rings. The molecule has 0 spiro atoms. The minimum atomic E-state index is -0.295. The van der Waals surface area contributed by atoms with Gasteiger partial charge >= 0.3 is 0 Å². The maximum Gasteiger partial charge on any atom is 0.228 e. The van der Waals surface area contributed by atoms with Crippen LogP contribution in [0.4, 0.5) is 15.8 Å². The minimum Gasteiger partial charge on any atom is -0.380 e. The molecular formula is C11H13FN2O. The van der Waals surface area contributed by atoms with Gasteiger partial charge in [0.2, 0.25) is 5.91 Å². The smallest absolute Gasteiger partial charge is 0.228 e. The van der Waals surface area contributed by atoms with Crippen molar-refractivity contribution in [1.29, 1.82) is 0 Å². The first-order chi connectivity index (χ1) is 7.08. The monoisotopic (exact) mass is 208 g/mol. The van der Waals surface area contributed by atoms with Crippen molar-refractivity contribution in [3.05, 3.63) is 24.0 Å². The third kappa shape index (κ3) is 1.79. The van der Waals surface area contributed by atoms with E-state index in [9.17, 15) is 9.18 Å². The van der Waals surface area contributed by atoms with Gasteiger partial charge in [-0.05, 0) is 25.1 Å². The Labute approximate surface area is 87.9 Å². The average molecular weight is 208 g/mol. The van der Waals surface area contributed by atoms with Gasteiger partial charge in [-0.3, -0.25) is 4.79 Å². The van der Waals surface area contributed by atoms with Crippen LogP contribution in [0.2, 0.25) is 0 Å². The largest absolute Gasteiger partial charge is 0.380 e. The van der Waals surface area contributed by atoms with Gasteiger partial charge in [-0.15, -0.1) is 0 Å². The van der Waals surface area contributed by atoms with E-state index >= 15 is 0 Å². The molecule has 1 aromatic rings. The van der Waals surface area contributed by atoms with Gasteiger partial charge in [0.25, 0.3) is 0 Å². The molecule has 4 heteroatoms. The van der Waals surface area contributed by atoms with Crippen molar-refractivity contribution in [1.82, 2.24) is 0 Å². The number of benzene rings is 1. The summed E-state index contributed by atoms with van der Waals surface area (Å²) >= 11 is 0. The number of nitrogens with one attached hydrogen (secondary N) is 1. The van der Waals surface area contributed by atoms with E-state index in [4.69, 9.17) is 0 Å². The Bertz CT molecular complexity index is 406. The molecule has 1 unspecified atom stereocenters. The number of anilines is 2. The highest BCUT2D eigenvalue weighted by Crippen LogP contribution is 2.30. The van der Waals surface area contributed by atoms with Crippen LogP contribution in [0, 0.1) is 5.82 Å². The minimum absolute atomic E-state index is 0.0306. The van der Waals surface area contributed by atoms with Gasteiger partial charge in [0.15, 0.2) is 0 Å². The molecule has 15 heavy (non-hydrogen) atoms. The van der Waals surface area contributed by atoms with Crippen LogP contribution in [0.1, 0.15) is 13.3 Å². The van der Waals surface area contributed by atoms with E-state index in [0.717, 1.165) is 5.69 Å². The van der Waals surface area contributed by atoms with E-state index in [2.05, 4.69) is 5.32 Å². The number of amides is 1. The van der Waals surface area contributed by atoms with Crippen LogP contribution in [0.3, 0.4) is 0 Å². The summed E-state index contributed by atoms with van der Waals surface area (Å²) in [6, 6.07) is 4.43. The van der Waals surface area contributed by atoms with Crippen molar-refractivity contribution in [2.75, 3.05) is 17.3 Å². The standard InChI is InChI=1S/C11H13FN2O/c1-7-5-11(15)14(2)10-4-3-8(12)6-9(10)13-7/h3-4,6-7,13H,5H2,1-2H3. The number of halogens is 1. The highest BCUT2D eigenvalue weighted by Gasteiger charge is 2.22. The van der Waals surface area contributed by atoms with Gasteiger partial charge < -0.3 is 10.2 Å². The molecule has 1 aliphatic heterocycles. The highest BCUT2D eigenvalue weighted by molar-refractivity contribution is 5.98. The summed E-state index contributed by atoms with van der Waals surface area (Å²) < 4.78 is 13.0. The van der Waals surface area contributed by atoms with Gasteiger partial charge in [-0.2, -0.15) is 0 Å². The van der Waals surface area contributed by atoms with Crippen LogP contribution >= 0.6 is 0 Å². The summed E-state index contributed by atoms with van der Waals surface area (Å²) in [5, 5.41) is 3.12. The SMILES string of the molecule is CC1CC(=O)N(C)c2ccc(F)cc2N1. The molecule has 2 rings (SSSR count). The van der Waals surface area contributed by atoms with Gasteiger partial charge in [-0.25, -0.2) is 4.39 Å². The van der Waals surface area contributed by atoms with Crippen molar-refractivity contribution < 1.29 is 9.18 Å². The summed E-state index contributed by atoms with van der Waals surface area (Å²) in [6.07, 6.45) is 0.423. The van der Waals surface area contributed by atoms with Crippen molar-refractivity contribution in [3.63, 3.8) is 0 Å². The fraction of sp³-hybridized carbons (Fsp3) is 0.364. The van der Waals surface area contributed by atoms with Crippen molar-refractivity contribution in [2.24, 2.45) is 0 Å². The number of hydrogen-bond acceptors (Lipinski definition) is 2. The zero-order chi connectivity index (χ0) is 11.0. The van der Waals surface area contributed by atoms with Crippen LogP contribution in [0.5, 0.6) is 0 Å². The molecule has 80 valence electrons. The summed E-state index contributed by atoms with van der Waals surface area (Å²) in [5.41, 5.74) is 1.40. The predicted octanol–water partition coefficient (Wildman–Crippen LogP) is 1.99. The van der Waals surface area contributed by atoms with Crippen LogP contribution in [0.15, 0.2) is 18.2 Å². The number of carbonyl (C=O) groups excluding carboxylic acids is 1. The van der Waals surface area contributed by atoms with E-state index in [1.165, 1.54) is 12.1 Å². The molecule has 0 aromatic heterocycles. The van der Waals surface area contributed by atoms with Crippen LogP contribution in [-0.2, 0) is 4.79 Å². The maximum absolute atomic E-state index is 13.0. The second-order valence-electron chi connectivity index (χ2n) is 3.86. The Morgan fingerprint density at radius 1 is 1.53 bits per heavy atom. The molecule has 1 N–H and O–H groups in total. The number of hydrogen-bond donors (Lipinski definition) is 1. The van der Waals surface area contributed by atoms with Crippen molar-refractivity contribution in [2.45, 2.75) is 19.4 Å². The highest BCUT2D eigenvalue weighted by atomic mass is 19.1. The lowest BCUT2D eigenvalue weighted by atomic mass is 10.2. The van der Waals surface area contributed by atoms with Crippen LogP contribution in [-0.4, -0.2) is 19.0 Å². The average Bonchev–Trinajstić information content (AvgIpc) is 2.25. The van der Waals surface area contributed by atoms with E-state index in [0.29, 0.717) is 12.1 Å². The topological polar surface area (TPSA) is 32.3 Å². The number of fused-ring (bicyclic) bond motifs is 1. The molecular weight excluding hydrogens is 195 g/mol. The molecule has 0 aliphatic carbocycles. The number of nitrogens with zero attached hydrogens (tertiary/aromatic N) is 1. The molecule has 1 heterocycles. The first-order valence-corrected chi connectivity index (χ1v) is 4.90. The van der Waals surface area contributed by atoms with E-state index in [1.807, 2.05) is 6.92 Å². The zero-order valence-corrected chi connectivity index (χ0v) is 8.75. The quantitative estimate of drug-likeness (QED) is 0.707. The molecule has 3 nitrogen and oxygen atoms in total. The normalized spacial score (nSPS) is 20.6. The summed E-state index contributed by atoms with van der Waals surface area (Å²) in [6.45, 7) is 1.91. The van der Waals surface area contributed by atoms with E-state index in [1.54, 1.807) is 18.0 Å². The number of carbonyl (C=O) groups is 1. The number of rotatable bonds is 0. The molecule has 0 bridgehead atoms. The van der Waals surface area contributed by atoms with Crippen LogP contribution in [0.25, 0.3) is 0 Å². The Morgan fingerprint density at radius 2 is 2.27 bits per heavy atom. The first-order valence-electron chi connectivity index (χ1n) is 4.90.